The molecule has 3 heteroatoms. The summed E-state index contributed by atoms with van der Waals surface area (Å²) in [7, 11) is 2.09. The van der Waals surface area contributed by atoms with Gasteiger partial charge in [0.2, 0.25) is 0 Å². The van der Waals surface area contributed by atoms with Crippen molar-refractivity contribution in [2.45, 2.75) is 19.9 Å². The highest BCUT2D eigenvalue weighted by atomic mass is 35.5. The summed E-state index contributed by atoms with van der Waals surface area (Å²) in [5.41, 5.74) is 2.37. The van der Waals surface area contributed by atoms with E-state index in [1.165, 1.54) is 5.57 Å². The molecule has 0 heterocycles. The predicted molar refractivity (Wildman–Crippen MR) is 80.1 cm³/mol. The molecule has 1 rings (SSSR count). The smallest absolute Gasteiger partial charge is 0.0451 e. The number of nitrogens with zero attached hydrogens (tertiary/aromatic N) is 1. The first-order valence-corrected chi connectivity index (χ1v) is 6.80. The number of likely N-dealkylation sites (N-methyl/N-ethyl adjacent to an activating group) is 1. The van der Waals surface area contributed by atoms with E-state index < -0.39 is 0 Å². The average Bonchev–Trinajstić information content (AvgIpc) is 2.32. The molecule has 0 atom stereocenters. The van der Waals surface area contributed by atoms with Crippen LogP contribution in [0.5, 0.6) is 0 Å². The van der Waals surface area contributed by atoms with Gasteiger partial charge in [-0.25, -0.2) is 0 Å². The van der Waals surface area contributed by atoms with Gasteiger partial charge in [-0.05, 0) is 37.2 Å². The molecule has 1 aromatic rings. The summed E-state index contributed by atoms with van der Waals surface area (Å²) in [5, 5.41) is 4.20. The molecule has 18 heavy (non-hydrogen) atoms. The highest BCUT2D eigenvalue weighted by Gasteiger charge is 2.05. The third-order valence-electron chi connectivity index (χ3n) is 2.69. The van der Waals surface area contributed by atoms with E-state index in [1.54, 1.807) is 0 Å². The van der Waals surface area contributed by atoms with Crippen molar-refractivity contribution in [2.75, 3.05) is 26.7 Å². The van der Waals surface area contributed by atoms with E-state index in [-0.39, 0.29) is 0 Å². The molecule has 0 aliphatic rings. The van der Waals surface area contributed by atoms with Crippen molar-refractivity contribution in [2.24, 2.45) is 0 Å². The fourth-order valence-electron chi connectivity index (χ4n) is 1.85. The van der Waals surface area contributed by atoms with Crippen molar-refractivity contribution < 1.29 is 0 Å². The molecule has 0 aromatic heterocycles. The summed E-state index contributed by atoms with van der Waals surface area (Å²) in [4.78, 5) is 2.23. The highest BCUT2D eigenvalue weighted by Crippen LogP contribution is 2.16. The highest BCUT2D eigenvalue weighted by molar-refractivity contribution is 6.31. The van der Waals surface area contributed by atoms with Crippen molar-refractivity contribution in [1.29, 1.82) is 0 Å². The molecule has 1 N–H and O–H groups in total. The van der Waals surface area contributed by atoms with Crippen molar-refractivity contribution in [1.82, 2.24) is 10.2 Å². The molecule has 0 aliphatic carbocycles. The van der Waals surface area contributed by atoms with Crippen LogP contribution >= 0.6 is 11.6 Å². The Bertz CT molecular complexity index is 377. The number of hydrogen-bond donors (Lipinski definition) is 1. The minimum absolute atomic E-state index is 0.832. The van der Waals surface area contributed by atoms with Gasteiger partial charge in [-0.15, -0.1) is 0 Å². The maximum absolute atomic E-state index is 6.15. The average molecular weight is 267 g/mol. The fourth-order valence-corrected chi connectivity index (χ4v) is 2.05. The molecule has 0 aliphatic heterocycles. The molecule has 0 saturated heterocycles. The summed E-state index contributed by atoms with van der Waals surface area (Å²) in [6.07, 6.45) is 1.16. The summed E-state index contributed by atoms with van der Waals surface area (Å²) >= 11 is 6.15. The number of nitrogens with one attached hydrogen (secondary N) is 1. The van der Waals surface area contributed by atoms with Crippen LogP contribution in [0, 0.1) is 0 Å². The van der Waals surface area contributed by atoms with Gasteiger partial charge in [0.1, 0.15) is 0 Å². The van der Waals surface area contributed by atoms with Crippen molar-refractivity contribution >= 4 is 11.6 Å². The van der Waals surface area contributed by atoms with E-state index in [4.69, 9.17) is 11.6 Å². The predicted octanol–water partition coefficient (Wildman–Crippen LogP) is 3.33. The Morgan fingerprint density at radius 2 is 2.11 bits per heavy atom. The second kappa shape index (κ2) is 8.30. The minimum Gasteiger partial charge on any atom is -0.313 e. The van der Waals surface area contributed by atoms with Gasteiger partial charge >= 0.3 is 0 Å². The maximum atomic E-state index is 6.15. The lowest BCUT2D eigenvalue weighted by atomic mass is 10.2. The standard InChI is InChI=1S/C15H23ClN2/c1-4-9-17-10-13(2)11-18(3)12-14-7-5-6-8-15(14)16/h5-8,17H,2,4,9-12H2,1,3H3. The lowest BCUT2D eigenvalue weighted by molar-refractivity contribution is 0.352. The first-order valence-electron chi connectivity index (χ1n) is 6.42. The Morgan fingerprint density at radius 1 is 1.39 bits per heavy atom. The number of rotatable bonds is 8. The molecule has 100 valence electrons. The molecular formula is C15H23ClN2. The van der Waals surface area contributed by atoms with Crippen LogP contribution in [-0.4, -0.2) is 31.6 Å². The SMILES string of the molecule is C=C(CNCCC)CN(C)Cc1ccccc1Cl. The van der Waals surface area contributed by atoms with E-state index in [2.05, 4.69) is 36.8 Å². The van der Waals surface area contributed by atoms with Gasteiger partial charge in [-0.2, -0.15) is 0 Å². The summed E-state index contributed by atoms with van der Waals surface area (Å²) < 4.78 is 0. The van der Waals surface area contributed by atoms with Crippen molar-refractivity contribution in [3.63, 3.8) is 0 Å². The van der Waals surface area contributed by atoms with Crippen LogP contribution in [-0.2, 0) is 6.54 Å². The zero-order valence-corrected chi connectivity index (χ0v) is 12.1. The lowest BCUT2D eigenvalue weighted by Gasteiger charge is -2.19. The summed E-state index contributed by atoms with van der Waals surface area (Å²) in [6.45, 7) is 9.94. The van der Waals surface area contributed by atoms with Gasteiger partial charge in [0.25, 0.3) is 0 Å². The van der Waals surface area contributed by atoms with E-state index in [1.807, 2.05) is 18.2 Å². The first-order chi connectivity index (χ1) is 8.63. The third kappa shape index (κ3) is 5.67. The minimum atomic E-state index is 0.832. The van der Waals surface area contributed by atoms with Crippen LogP contribution in [0.25, 0.3) is 0 Å². The Morgan fingerprint density at radius 3 is 2.78 bits per heavy atom. The summed E-state index contributed by atoms with van der Waals surface area (Å²) in [6, 6.07) is 7.98. The van der Waals surface area contributed by atoms with Gasteiger partial charge in [0, 0.05) is 24.7 Å². The first kappa shape index (κ1) is 15.2. The second-order valence-corrected chi connectivity index (χ2v) is 5.10. The molecule has 1 aromatic carbocycles. The van der Waals surface area contributed by atoms with Gasteiger partial charge in [-0.3, -0.25) is 4.90 Å². The zero-order valence-electron chi connectivity index (χ0n) is 11.4. The van der Waals surface area contributed by atoms with E-state index in [9.17, 15) is 0 Å². The van der Waals surface area contributed by atoms with Crippen LogP contribution in [0.3, 0.4) is 0 Å². The van der Waals surface area contributed by atoms with E-state index >= 15 is 0 Å². The number of benzene rings is 1. The van der Waals surface area contributed by atoms with Gasteiger partial charge in [-0.1, -0.05) is 43.3 Å². The van der Waals surface area contributed by atoms with Crippen LogP contribution in [0.1, 0.15) is 18.9 Å². The van der Waals surface area contributed by atoms with Crippen LogP contribution < -0.4 is 5.32 Å². The Balaban J connectivity index is 2.35. The van der Waals surface area contributed by atoms with Gasteiger partial charge in [0.15, 0.2) is 0 Å². The number of hydrogen-bond acceptors (Lipinski definition) is 2. The van der Waals surface area contributed by atoms with Crippen molar-refractivity contribution in [3.05, 3.63) is 47.0 Å². The Kier molecular flexibility index (Phi) is 7.02. The Hall–Kier alpha value is -0.830. The third-order valence-corrected chi connectivity index (χ3v) is 3.06. The molecule has 0 radical (unpaired) electrons. The second-order valence-electron chi connectivity index (χ2n) is 4.69. The largest absolute Gasteiger partial charge is 0.313 e. The van der Waals surface area contributed by atoms with Gasteiger partial charge < -0.3 is 5.32 Å². The monoisotopic (exact) mass is 266 g/mol. The normalized spacial score (nSPS) is 10.9. The van der Waals surface area contributed by atoms with Crippen molar-refractivity contribution in [3.8, 4) is 0 Å². The fraction of sp³-hybridized carbons (Fsp3) is 0.467. The molecule has 0 fully saturated rings. The number of halogens is 1. The topological polar surface area (TPSA) is 15.3 Å². The summed E-state index contributed by atoms with van der Waals surface area (Å²) in [5.74, 6) is 0. The molecule has 0 unspecified atom stereocenters. The quantitative estimate of drug-likeness (QED) is 0.574. The molecule has 0 amide bonds. The van der Waals surface area contributed by atoms with Crippen LogP contribution in [0.15, 0.2) is 36.4 Å². The van der Waals surface area contributed by atoms with E-state index in [0.29, 0.717) is 0 Å². The molecule has 0 saturated carbocycles. The molecule has 2 nitrogen and oxygen atoms in total. The molecule has 0 spiro atoms. The van der Waals surface area contributed by atoms with Crippen LogP contribution in [0.2, 0.25) is 5.02 Å². The zero-order chi connectivity index (χ0) is 13.4. The molecular weight excluding hydrogens is 244 g/mol. The Labute approximate surface area is 116 Å². The van der Waals surface area contributed by atoms with E-state index in [0.717, 1.165) is 43.2 Å². The molecule has 0 bridgehead atoms. The maximum Gasteiger partial charge on any atom is 0.0451 e. The lowest BCUT2D eigenvalue weighted by Crippen LogP contribution is -2.26. The van der Waals surface area contributed by atoms with Gasteiger partial charge in [0.05, 0.1) is 0 Å². The van der Waals surface area contributed by atoms with Crippen LogP contribution in [0.4, 0.5) is 0 Å².